The van der Waals surface area contributed by atoms with Gasteiger partial charge in [0, 0.05) is 5.56 Å². The SMILES string of the molecule is CCOC(=O)C1=C(C)N=c2s/c(=C\c3cccc(OC)c3OCc3ccc(Cl)c(Cl)c3)c(=O)n2[C@@H]1c1ccc(F)cc1. The zero-order valence-corrected chi connectivity index (χ0v) is 25.1. The molecule has 216 valence electrons. The molecule has 0 bridgehead atoms. The highest BCUT2D eigenvalue weighted by Gasteiger charge is 2.33. The number of hydrogen-bond acceptors (Lipinski definition) is 7. The van der Waals surface area contributed by atoms with Gasteiger partial charge < -0.3 is 14.2 Å². The van der Waals surface area contributed by atoms with Gasteiger partial charge in [0.25, 0.3) is 5.56 Å². The molecule has 5 rings (SSSR count). The number of carbonyl (C=O) groups excluding carboxylic acids is 1. The number of nitrogens with zero attached hydrogens (tertiary/aromatic N) is 2. The van der Waals surface area contributed by atoms with E-state index >= 15 is 0 Å². The second-order valence-corrected chi connectivity index (χ2v) is 11.1. The van der Waals surface area contributed by atoms with E-state index in [0.29, 0.717) is 47.7 Å². The highest BCUT2D eigenvalue weighted by Crippen LogP contribution is 2.34. The number of rotatable bonds is 8. The molecule has 1 aliphatic rings. The number of methoxy groups -OCH3 is 1. The fourth-order valence-electron chi connectivity index (χ4n) is 4.64. The molecule has 0 amide bonds. The molecule has 0 aliphatic carbocycles. The third-order valence-electron chi connectivity index (χ3n) is 6.59. The van der Waals surface area contributed by atoms with Gasteiger partial charge in [0.2, 0.25) is 0 Å². The van der Waals surface area contributed by atoms with Crippen LogP contribution >= 0.6 is 34.5 Å². The molecule has 1 atom stereocenters. The van der Waals surface area contributed by atoms with Gasteiger partial charge in [-0.15, -0.1) is 0 Å². The first kappa shape index (κ1) is 29.6. The molecule has 42 heavy (non-hydrogen) atoms. The van der Waals surface area contributed by atoms with Crippen LogP contribution in [-0.2, 0) is 16.1 Å². The van der Waals surface area contributed by atoms with E-state index in [1.54, 1.807) is 68.5 Å². The molecule has 11 heteroatoms. The molecule has 0 spiro atoms. The van der Waals surface area contributed by atoms with Crippen LogP contribution in [0.5, 0.6) is 11.5 Å². The number of para-hydroxylation sites is 1. The van der Waals surface area contributed by atoms with Crippen molar-refractivity contribution in [3.05, 3.63) is 124 Å². The standard InChI is InChI=1S/C31H25Cl2FN2O5S/c1-4-40-30(38)26-17(2)35-31-36(27(26)19-9-11-21(34)12-10-19)29(37)25(42-31)15-20-6-5-7-24(39-3)28(20)41-16-18-8-13-22(32)23(33)14-18/h5-15,27H,4,16H2,1-3H3/b25-15-/t27-/m1/s1. The average molecular weight is 628 g/mol. The largest absolute Gasteiger partial charge is 0.493 e. The molecule has 4 aromatic rings. The number of halogens is 3. The summed E-state index contributed by atoms with van der Waals surface area (Å²) in [5.74, 6) is -0.124. The predicted octanol–water partition coefficient (Wildman–Crippen LogP) is 5.83. The first-order chi connectivity index (χ1) is 20.2. The van der Waals surface area contributed by atoms with Gasteiger partial charge in [-0.1, -0.05) is 64.9 Å². The number of thiazole rings is 1. The second-order valence-electron chi connectivity index (χ2n) is 9.27. The maximum absolute atomic E-state index is 13.9. The Morgan fingerprint density at radius 1 is 1.12 bits per heavy atom. The highest BCUT2D eigenvalue weighted by molar-refractivity contribution is 7.07. The van der Waals surface area contributed by atoms with Crippen LogP contribution in [0.2, 0.25) is 10.0 Å². The Hall–Kier alpha value is -3.92. The molecule has 0 saturated heterocycles. The van der Waals surface area contributed by atoms with E-state index in [4.69, 9.17) is 37.4 Å². The highest BCUT2D eigenvalue weighted by atomic mass is 35.5. The number of ether oxygens (including phenoxy) is 3. The molecule has 3 aromatic carbocycles. The zero-order chi connectivity index (χ0) is 30.0. The monoisotopic (exact) mass is 626 g/mol. The van der Waals surface area contributed by atoms with Gasteiger partial charge in [0.05, 0.1) is 45.6 Å². The average Bonchev–Trinajstić information content (AvgIpc) is 3.27. The van der Waals surface area contributed by atoms with Crippen molar-refractivity contribution in [2.24, 2.45) is 4.99 Å². The van der Waals surface area contributed by atoms with E-state index < -0.39 is 17.8 Å². The molecular formula is C31H25Cl2FN2O5S. The fraction of sp³-hybridized carbons (Fsp3) is 0.194. The molecular weight excluding hydrogens is 602 g/mol. The summed E-state index contributed by atoms with van der Waals surface area (Å²) in [6.45, 7) is 3.71. The van der Waals surface area contributed by atoms with Crippen molar-refractivity contribution >= 4 is 46.6 Å². The number of carbonyl (C=O) groups is 1. The van der Waals surface area contributed by atoms with Gasteiger partial charge in [0.1, 0.15) is 12.4 Å². The minimum atomic E-state index is -0.848. The lowest BCUT2D eigenvalue weighted by Crippen LogP contribution is -2.39. The summed E-state index contributed by atoms with van der Waals surface area (Å²) in [5, 5.41) is 0.849. The van der Waals surface area contributed by atoms with Crippen LogP contribution < -0.4 is 24.4 Å². The fourth-order valence-corrected chi connectivity index (χ4v) is 6.00. The summed E-state index contributed by atoms with van der Waals surface area (Å²) in [7, 11) is 1.53. The van der Waals surface area contributed by atoms with Crippen LogP contribution in [0, 0.1) is 5.82 Å². The predicted molar refractivity (Wildman–Crippen MR) is 161 cm³/mol. The summed E-state index contributed by atoms with van der Waals surface area (Å²) in [5.41, 5.74) is 2.20. The summed E-state index contributed by atoms with van der Waals surface area (Å²) in [4.78, 5) is 32.0. The van der Waals surface area contributed by atoms with Crippen LogP contribution in [0.25, 0.3) is 6.08 Å². The van der Waals surface area contributed by atoms with Crippen molar-refractivity contribution in [3.63, 3.8) is 0 Å². The molecule has 7 nitrogen and oxygen atoms in total. The first-order valence-corrected chi connectivity index (χ1v) is 14.5. The third kappa shape index (κ3) is 5.86. The van der Waals surface area contributed by atoms with Crippen LogP contribution in [-0.4, -0.2) is 24.3 Å². The molecule has 0 radical (unpaired) electrons. The molecule has 2 heterocycles. The summed E-state index contributed by atoms with van der Waals surface area (Å²) < 4.78 is 32.6. The Morgan fingerprint density at radius 2 is 1.88 bits per heavy atom. The number of allylic oxidation sites excluding steroid dienone is 1. The van der Waals surface area contributed by atoms with E-state index in [9.17, 15) is 14.0 Å². The van der Waals surface area contributed by atoms with Gasteiger partial charge in [-0.3, -0.25) is 9.36 Å². The van der Waals surface area contributed by atoms with E-state index in [-0.39, 0.29) is 24.3 Å². The Labute approximate surface area is 254 Å². The summed E-state index contributed by atoms with van der Waals surface area (Å²) >= 11 is 13.4. The lowest BCUT2D eigenvalue weighted by atomic mass is 9.96. The van der Waals surface area contributed by atoms with Gasteiger partial charge in [-0.05, 0) is 61.4 Å². The maximum Gasteiger partial charge on any atom is 0.338 e. The van der Waals surface area contributed by atoms with Crippen LogP contribution in [0.1, 0.15) is 36.6 Å². The second kappa shape index (κ2) is 12.5. The van der Waals surface area contributed by atoms with Crippen molar-refractivity contribution in [1.29, 1.82) is 0 Å². The lowest BCUT2D eigenvalue weighted by Gasteiger charge is -2.24. The zero-order valence-electron chi connectivity index (χ0n) is 22.8. The molecule has 0 fully saturated rings. The maximum atomic E-state index is 13.9. The number of hydrogen-bond donors (Lipinski definition) is 0. The Bertz CT molecular complexity index is 1880. The van der Waals surface area contributed by atoms with Crippen molar-refractivity contribution < 1.29 is 23.4 Å². The van der Waals surface area contributed by atoms with E-state index in [1.807, 2.05) is 0 Å². The molecule has 1 aliphatic heterocycles. The smallest absolute Gasteiger partial charge is 0.338 e. The topological polar surface area (TPSA) is 79.1 Å². The van der Waals surface area contributed by atoms with Gasteiger partial charge in [-0.2, -0.15) is 0 Å². The van der Waals surface area contributed by atoms with Gasteiger partial charge in [0.15, 0.2) is 16.3 Å². The number of fused-ring (bicyclic) bond motifs is 1. The number of aromatic nitrogens is 1. The quantitative estimate of drug-likeness (QED) is 0.230. The molecule has 0 N–H and O–H groups in total. The first-order valence-electron chi connectivity index (χ1n) is 12.9. The molecule has 1 aromatic heterocycles. The minimum absolute atomic E-state index is 0.150. The molecule has 0 saturated carbocycles. The third-order valence-corrected chi connectivity index (χ3v) is 8.31. The van der Waals surface area contributed by atoms with E-state index in [0.717, 1.165) is 5.56 Å². The minimum Gasteiger partial charge on any atom is -0.493 e. The van der Waals surface area contributed by atoms with Crippen LogP contribution in [0.3, 0.4) is 0 Å². The Balaban J connectivity index is 1.62. The number of esters is 1. The van der Waals surface area contributed by atoms with E-state index in [2.05, 4.69) is 4.99 Å². The lowest BCUT2D eigenvalue weighted by molar-refractivity contribution is -0.139. The number of benzene rings is 3. The van der Waals surface area contributed by atoms with Gasteiger partial charge >= 0.3 is 5.97 Å². The molecule has 0 unspecified atom stereocenters. The summed E-state index contributed by atoms with van der Waals surface area (Å²) in [6, 6.07) is 15.4. The van der Waals surface area contributed by atoms with Crippen molar-refractivity contribution in [1.82, 2.24) is 4.57 Å². The Kier molecular flexibility index (Phi) is 8.82. The van der Waals surface area contributed by atoms with Crippen molar-refractivity contribution in [2.75, 3.05) is 13.7 Å². The summed E-state index contributed by atoms with van der Waals surface area (Å²) in [6.07, 6.45) is 1.70. The van der Waals surface area contributed by atoms with E-state index in [1.165, 1.54) is 35.1 Å². The van der Waals surface area contributed by atoms with Crippen LogP contribution in [0.4, 0.5) is 4.39 Å². The van der Waals surface area contributed by atoms with Crippen molar-refractivity contribution in [3.8, 4) is 11.5 Å². The van der Waals surface area contributed by atoms with Gasteiger partial charge in [-0.25, -0.2) is 14.2 Å². The normalized spacial score (nSPS) is 14.8. The Morgan fingerprint density at radius 3 is 2.57 bits per heavy atom. The van der Waals surface area contributed by atoms with Crippen LogP contribution in [0.15, 0.2) is 81.7 Å². The van der Waals surface area contributed by atoms with Crippen molar-refractivity contribution in [2.45, 2.75) is 26.5 Å².